The topological polar surface area (TPSA) is 104 Å². The molecule has 3 N–H and O–H groups in total. The number of rotatable bonds is 6. The van der Waals surface area contributed by atoms with E-state index in [0.29, 0.717) is 17.4 Å². The van der Waals surface area contributed by atoms with Gasteiger partial charge in [-0.2, -0.15) is 5.10 Å². The SMILES string of the molecule is CCC1=C(NCCc2ccccn2)N=c2c(c3[nH]ncc3c(=O)n2-c2cccc3[nH]ccc23)=CC1. The molecule has 5 heterocycles. The summed E-state index contributed by atoms with van der Waals surface area (Å²) in [6.45, 7) is 2.83. The maximum absolute atomic E-state index is 13.8. The second kappa shape index (κ2) is 8.72. The van der Waals surface area contributed by atoms with Gasteiger partial charge in [0.05, 0.1) is 22.8 Å². The summed E-state index contributed by atoms with van der Waals surface area (Å²) in [6.07, 6.45) is 9.82. The highest BCUT2D eigenvalue weighted by Gasteiger charge is 2.17. The van der Waals surface area contributed by atoms with Crippen molar-refractivity contribution in [2.45, 2.75) is 26.2 Å². The molecule has 4 aromatic heterocycles. The largest absolute Gasteiger partial charge is 0.370 e. The van der Waals surface area contributed by atoms with Crippen LogP contribution in [0.3, 0.4) is 0 Å². The monoisotopic (exact) mass is 463 g/mol. The number of hydrogen-bond acceptors (Lipinski definition) is 5. The molecule has 0 amide bonds. The van der Waals surface area contributed by atoms with Crippen LogP contribution in [0, 0.1) is 0 Å². The van der Waals surface area contributed by atoms with Crippen molar-refractivity contribution in [3.63, 3.8) is 0 Å². The van der Waals surface area contributed by atoms with E-state index >= 15 is 0 Å². The summed E-state index contributed by atoms with van der Waals surface area (Å²) in [7, 11) is 0. The zero-order valence-corrected chi connectivity index (χ0v) is 19.4. The molecule has 6 rings (SSSR count). The number of allylic oxidation sites excluding steroid dienone is 1. The fraction of sp³-hybridized carbons (Fsp3) is 0.185. The molecule has 0 fully saturated rings. The minimum Gasteiger partial charge on any atom is -0.370 e. The lowest BCUT2D eigenvalue weighted by Crippen LogP contribution is -2.43. The van der Waals surface area contributed by atoms with Gasteiger partial charge in [-0.15, -0.1) is 0 Å². The van der Waals surface area contributed by atoms with E-state index in [1.54, 1.807) is 10.8 Å². The molecule has 1 aliphatic heterocycles. The molecule has 0 unspecified atom stereocenters. The fourth-order valence-corrected chi connectivity index (χ4v) is 4.73. The Morgan fingerprint density at radius 3 is 2.91 bits per heavy atom. The van der Waals surface area contributed by atoms with Gasteiger partial charge in [0.1, 0.15) is 5.82 Å². The normalized spacial score (nSPS) is 13.4. The van der Waals surface area contributed by atoms with Crippen LogP contribution in [0.5, 0.6) is 0 Å². The van der Waals surface area contributed by atoms with E-state index in [1.807, 2.05) is 54.9 Å². The number of H-pyrrole nitrogens is 2. The zero-order valence-electron chi connectivity index (χ0n) is 19.4. The quantitative estimate of drug-likeness (QED) is 0.360. The van der Waals surface area contributed by atoms with Crippen molar-refractivity contribution < 1.29 is 0 Å². The first kappa shape index (κ1) is 21.1. The van der Waals surface area contributed by atoms with Crippen LogP contribution in [-0.2, 0) is 6.42 Å². The molecular weight excluding hydrogens is 438 g/mol. The van der Waals surface area contributed by atoms with Gasteiger partial charge >= 0.3 is 0 Å². The predicted molar refractivity (Wildman–Crippen MR) is 137 cm³/mol. The highest BCUT2D eigenvalue weighted by molar-refractivity contribution is 5.88. The van der Waals surface area contributed by atoms with Gasteiger partial charge in [0, 0.05) is 47.2 Å². The smallest absolute Gasteiger partial charge is 0.267 e. The van der Waals surface area contributed by atoms with Gasteiger partial charge < -0.3 is 10.3 Å². The van der Waals surface area contributed by atoms with Crippen molar-refractivity contribution in [3.8, 4) is 5.69 Å². The van der Waals surface area contributed by atoms with Crippen LogP contribution in [0.15, 0.2) is 82.2 Å². The van der Waals surface area contributed by atoms with Gasteiger partial charge in [0.2, 0.25) is 0 Å². The molecule has 0 bridgehead atoms. The fourth-order valence-electron chi connectivity index (χ4n) is 4.73. The van der Waals surface area contributed by atoms with Crippen molar-refractivity contribution in [1.29, 1.82) is 0 Å². The first-order valence-corrected chi connectivity index (χ1v) is 11.8. The maximum atomic E-state index is 13.8. The van der Waals surface area contributed by atoms with Crippen LogP contribution in [0.4, 0.5) is 0 Å². The minimum atomic E-state index is -0.147. The third-order valence-electron chi connectivity index (χ3n) is 6.54. The number of hydrogen-bond donors (Lipinski definition) is 3. The highest BCUT2D eigenvalue weighted by Crippen LogP contribution is 2.20. The van der Waals surface area contributed by atoms with Crippen LogP contribution < -0.4 is 21.6 Å². The number of pyridine rings is 2. The van der Waals surface area contributed by atoms with Gasteiger partial charge in [-0.25, -0.2) is 4.99 Å². The van der Waals surface area contributed by atoms with Crippen LogP contribution in [-0.4, -0.2) is 31.3 Å². The zero-order chi connectivity index (χ0) is 23.8. The van der Waals surface area contributed by atoms with Crippen LogP contribution in [0.25, 0.3) is 33.6 Å². The molecule has 8 heteroatoms. The summed E-state index contributed by atoms with van der Waals surface area (Å²) in [5.74, 6) is 0.812. The van der Waals surface area contributed by atoms with Crippen LogP contribution in [0.2, 0.25) is 0 Å². The Morgan fingerprint density at radius 1 is 1.11 bits per heavy atom. The lowest BCUT2D eigenvalue weighted by Gasteiger charge is -2.12. The van der Waals surface area contributed by atoms with Crippen molar-refractivity contribution in [1.82, 2.24) is 30.0 Å². The lowest BCUT2D eigenvalue weighted by molar-refractivity contribution is 0.733. The first-order valence-electron chi connectivity index (χ1n) is 11.8. The average Bonchev–Trinajstić information content (AvgIpc) is 3.53. The Kier molecular flexibility index (Phi) is 5.25. The summed E-state index contributed by atoms with van der Waals surface area (Å²) in [5.41, 5.74) is 5.14. The van der Waals surface area contributed by atoms with E-state index in [9.17, 15) is 4.79 Å². The molecule has 5 aromatic rings. The summed E-state index contributed by atoms with van der Waals surface area (Å²) >= 11 is 0. The molecule has 0 saturated heterocycles. The van der Waals surface area contributed by atoms with Gasteiger partial charge in [0.15, 0.2) is 5.49 Å². The molecule has 174 valence electrons. The van der Waals surface area contributed by atoms with E-state index < -0.39 is 0 Å². The van der Waals surface area contributed by atoms with Crippen molar-refractivity contribution in [2.24, 2.45) is 4.99 Å². The predicted octanol–water partition coefficient (Wildman–Crippen LogP) is 2.85. The summed E-state index contributed by atoms with van der Waals surface area (Å²) < 4.78 is 1.72. The van der Waals surface area contributed by atoms with E-state index in [4.69, 9.17) is 4.99 Å². The van der Waals surface area contributed by atoms with Gasteiger partial charge in [-0.1, -0.05) is 25.1 Å². The molecule has 0 radical (unpaired) electrons. The van der Waals surface area contributed by atoms with Crippen molar-refractivity contribution in [3.05, 3.63) is 99.2 Å². The Labute approximate surface area is 200 Å². The Balaban J connectivity index is 1.56. The van der Waals surface area contributed by atoms with E-state index in [1.165, 1.54) is 5.57 Å². The average molecular weight is 464 g/mol. The second-order valence-corrected chi connectivity index (χ2v) is 8.58. The molecule has 35 heavy (non-hydrogen) atoms. The summed E-state index contributed by atoms with van der Waals surface area (Å²) in [6, 6.07) is 13.8. The van der Waals surface area contributed by atoms with E-state index in [0.717, 1.165) is 58.1 Å². The van der Waals surface area contributed by atoms with Crippen LogP contribution >= 0.6 is 0 Å². The third kappa shape index (κ3) is 3.63. The number of aromatic amines is 2. The molecule has 0 saturated carbocycles. The Morgan fingerprint density at radius 2 is 2.06 bits per heavy atom. The third-order valence-corrected chi connectivity index (χ3v) is 6.54. The number of aromatic nitrogens is 5. The molecular formula is C27H25N7O. The van der Waals surface area contributed by atoms with Crippen molar-refractivity contribution >= 4 is 27.9 Å². The van der Waals surface area contributed by atoms with Crippen LogP contribution in [0.1, 0.15) is 25.5 Å². The second-order valence-electron chi connectivity index (χ2n) is 8.58. The highest BCUT2D eigenvalue weighted by atomic mass is 16.1. The first-order chi connectivity index (χ1) is 17.2. The molecule has 0 aliphatic carbocycles. The summed E-state index contributed by atoms with van der Waals surface area (Å²) in [4.78, 5) is 26.5. The Bertz CT molecular complexity index is 1760. The van der Waals surface area contributed by atoms with Gasteiger partial charge in [-0.3, -0.25) is 19.4 Å². The van der Waals surface area contributed by atoms with Gasteiger partial charge in [-0.05, 0) is 48.7 Å². The molecule has 0 atom stereocenters. The molecule has 8 nitrogen and oxygen atoms in total. The standard InChI is InChI=1S/C27H25N7O/c1-2-17-9-10-20-24-21(16-31-33-24)27(35)34(23-8-5-7-22-19(23)12-15-29-22)26(20)32-25(17)30-14-11-18-6-3-4-13-28-18/h3-8,10,12-13,15-16,29-30H,2,9,11,14H2,1H3,(H,31,33). The maximum Gasteiger partial charge on any atom is 0.267 e. The lowest BCUT2D eigenvalue weighted by atomic mass is 10.1. The van der Waals surface area contributed by atoms with E-state index in [2.05, 4.69) is 38.5 Å². The number of nitrogens with one attached hydrogen (secondary N) is 3. The van der Waals surface area contributed by atoms with Crippen molar-refractivity contribution in [2.75, 3.05) is 6.54 Å². The molecule has 1 aromatic carbocycles. The van der Waals surface area contributed by atoms with Gasteiger partial charge in [0.25, 0.3) is 5.56 Å². The molecule has 0 spiro atoms. The number of fused-ring (bicyclic) bond motifs is 4. The number of benzene rings is 1. The molecule has 1 aliphatic rings. The minimum absolute atomic E-state index is 0.147. The number of nitrogens with zero attached hydrogens (tertiary/aromatic N) is 4. The summed E-state index contributed by atoms with van der Waals surface area (Å²) in [5, 5.41) is 13.1. The van der Waals surface area contributed by atoms with E-state index in [-0.39, 0.29) is 5.56 Å². The Hall–Kier alpha value is -4.46.